The van der Waals surface area contributed by atoms with Gasteiger partial charge < -0.3 is 9.15 Å². The van der Waals surface area contributed by atoms with Crippen molar-refractivity contribution in [2.24, 2.45) is 0 Å². The molecule has 0 bridgehead atoms. The van der Waals surface area contributed by atoms with Crippen LogP contribution in [0, 0.1) is 5.82 Å². The van der Waals surface area contributed by atoms with Crippen LogP contribution in [0.15, 0.2) is 57.9 Å². The Labute approximate surface area is 127 Å². The molecule has 22 heavy (non-hydrogen) atoms. The highest BCUT2D eigenvalue weighted by Crippen LogP contribution is 2.25. The summed E-state index contributed by atoms with van der Waals surface area (Å²) in [6, 6.07) is 11.2. The van der Waals surface area contributed by atoms with Crippen LogP contribution in [0.3, 0.4) is 0 Å². The molecule has 0 fully saturated rings. The Kier molecular flexibility index (Phi) is 3.67. The maximum atomic E-state index is 13.9. The van der Waals surface area contributed by atoms with Crippen LogP contribution in [0.1, 0.15) is 13.8 Å². The number of fused-ring (bicyclic) bond motifs is 1. The minimum atomic E-state index is -0.450. The van der Waals surface area contributed by atoms with E-state index in [1.807, 2.05) is 13.8 Å². The molecule has 1 heterocycles. The number of rotatable bonds is 3. The lowest BCUT2D eigenvalue weighted by molar-refractivity contribution is 0.242. The van der Waals surface area contributed by atoms with Gasteiger partial charge in [0.2, 0.25) is 5.43 Å². The predicted molar refractivity (Wildman–Crippen MR) is 83.6 cm³/mol. The minimum Gasteiger partial charge on any atom is -0.491 e. The van der Waals surface area contributed by atoms with Crippen LogP contribution in [-0.2, 0) is 0 Å². The molecule has 1 aromatic heterocycles. The molecule has 0 atom stereocenters. The summed E-state index contributed by atoms with van der Waals surface area (Å²) < 4.78 is 24.9. The predicted octanol–water partition coefficient (Wildman–Crippen LogP) is 4.39. The van der Waals surface area contributed by atoms with E-state index in [4.69, 9.17) is 9.15 Å². The van der Waals surface area contributed by atoms with Crippen molar-refractivity contribution < 1.29 is 13.5 Å². The fourth-order valence-corrected chi connectivity index (χ4v) is 2.32. The molecule has 0 spiro atoms. The molecule has 0 unspecified atom stereocenters. The third-order valence-corrected chi connectivity index (χ3v) is 3.28. The van der Waals surface area contributed by atoms with Crippen LogP contribution in [0.5, 0.6) is 5.75 Å². The number of hydrogen-bond acceptors (Lipinski definition) is 3. The Hall–Kier alpha value is -2.62. The zero-order valence-corrected chi connectivity index (χ0v) is 12.3. The van der Waals surface area contributed by atoms with Gasteiger partial charge in [-0.25, -0.2) is 4.39 Å². The number of benzene rings is 2. The van der Waals surface area contributed by atoms with Crippen molar-refractivity contribution in [3.8, 4) is 16.9 Å². The Morgan fingerprint density at radius 2 is 1.86 bits per heavy atom. The number of ether oxygens (including phenoxy) is 1. The van der Waals surface area contributed by atoms with E-state index in [0.717, 1.165) is 0 Å². The summed E-state index contributed by atoms with van der Waals surface area (Å²) in [4.78, 5) is 12.5. The molecule has 2 aromatic carbocycles. The number of hydrogen-bond donors (Lipinski definition) is 0. The lowest BCUT2D eigenvalue weighted by atomic mass is 10.1. The van der Waals surface area contributed by atoms with E-state index in [1.165, 1.54) is 12.3 Å². The average molecular weight is 298 g/mol. The molecule has 0 aliphatic carbocycles. The first-order valence-corrected chi connectivity index (χ1v) is 7.03. The molecule has 0 saturated carbocycles. The maximum Gasteiger partial charge on any atom is 0.200 e. The van der Waals surface area contributed by atoms with Gasteiger partial charge in [0.05, 0.1) is 17.1 Å². The third kappa shape index (κ3) is 2.60. The van der Waals surface area contributed by atoms with Crippen molar-refractivity contribution in [3.05, 3.63) is 64.8 Å². The highest BCUT2D eigenvalue weighted by atomic mass is 19.1. The summed E-state index contributed by atoms with van der Waals surface area (Å²) in [7, 11) is 0. The van der Waals surface area contributed by atoms with Gasteiger partial charge in [0.1, 0.15) is 23.4 Å². The van der Waals surface area contributed by atoms with E-state index < -0.39 is 5.82 Å². The van der Waals surface area contributed by atoms with Crippen molar-refractivity contribution in [2.45, 2.75) is 20.0 Å². The summed E-state index contributed by atoms with van der Waals surface area (Å²) >= 11 is 0. The molecule has 0 aliphatic rings. The van der Waals surface area contributed by atoms with Gasteiger partial charge in [-0.1, -0.05) is 18.2 Å². The molecule has 0 radical (unpaired) electrons. The van der Waals surface area contributed by atoms with E-state index in [-0.39, 0.29) is 22.7 Å². The molecule has 3 nitrogen and oxygen atoms in total. The van der Waals surface area contributed by atoms with Crippen LogP contribution in [0.2, 0.25) is 0 Å². The van der Waals surface area contributed by atoms with E-state index in [2.05, 4.69) is 0 Å². The number of halogens is 1. The first kappa shape index (κ1) is 14.3. The largest absolute Gasteiger partial charge is 0.491 e. The van der Waals surface area contributed by atoms with E-state index in [9.17, 15) is 9.18 Å². The van der Waals surface area contributed by atoms with Crippen molar-refractivity contribution in [1.29, 1.82) is 0 Å². The first-order chi connectivity index (χ1) is 10.6. The Balaban J connectivity index is 2.15. The molecule has 112 valence electrons. The highest BCUT2D eigenvalue weighted by molar-refractivity contribution is 5.82. The Bertz CT molecular complexity index is 881. The summed E-state index contributed by atoms with van der Waals surface area (Å²) in [5.74, 6) is 0.179. The zero-order valence-electron chi connectivity index (χ0n) is 12.3. The summed E-state index contributed by atoms with van der Waals surface area (Å²) in [6.07, 6.45) is 1.32. The van der Waals surface area contributed by atoms with Crippen molar-refractivity contribution in [3.63, 3.8) is 0 Å². The van der Waals surface area contributed by atoms with Gasteiger partial charge in [-0.15, -0.1) is 0 Å². The van der Waals surface area contributed by atoms with Gasteiger partial charge in [-0.05, 0) is 32.0 Å². The van der Waals surface area contributed by atoms with Crippen LogP contribution in [-0.4, -0.2) is 6.10 Å². The Morgan fingerprint density at radius 3 is 2.59 bits per heavy atom. The van der Waals surface area contributed by atoms with Crippen molar-refractivity contribution in [1.82, 2.24) is 0 Å². The second-order valence-electron chi connectivity index (χ2n) is 5.28. The third-order valence-electron chi connectivity index (χ3n) is 3.28. The zero-order chi connectivity index (χ0) is 15.7. The van der Waals surface area contributed by atoms with Gasteiger partial charge in [-0.2, -0.15) is 0 Å². The minimum absolute atomic E-state index is 0.0295. The molecular formula is C18H15FO3. The molecule has 3 rings (SSSR count). The fourth-order valence-electron chi connectivity index (χ4n) is 2.32. The molecule has 0 aliphatic heterocycles. The van der Waals surface area contributed by atoms with Crippen molar-refractivity contribution in [2.75, 3.05) is 0 Å². The maximum absolute atomic E-state index is 13.9. The summed E-state index contributed by atoms with van der Waals surface area (Å²) in [6.45, 7) is 3.84. The Morgan fingerprint density at radius 1 is 1.09 bits per heavy atom. The quantitative estimate of drug-likeness (QED) is 0.720. The second kappa shape index (κ2) is 5.64. The van der Waals surface area contributed by atoms with Gasteiger partial charge in [0.25, 0.3) is 0 Å². The van der Waals surface area contributed by atoms with Gasteiger partial charge in [0.15, 0.2) is 0 Å². The smallest absolute Gasteiger partial charge is 0.200 e. The monoisotopic (exact) mass is 298 g/mol. The van der Waals surface area contributed by atoms with Crippen LogP contribution < -0.4 is 10.2 Å². The average Bonchev–Trinajstić information content (AvgIpc) is 2.48. The van der Waals surface area contributed by atoms with Crippen LogP contribution in [0.25, 0.3) is 22.1 Å². The molecule has 0 N–H and O–H groups in total. The molecule has 0 saturated heterocycles. The van der Waals surface area contributed by atoms with Gasteiger partial charge in [-0.3, -0.25) is 4.79 Å². The molecule has 3 aromatic rings. The highest BCUT2D eigenvalue weighted by Gasteiger charge is 2.13. The molecule has 4 heteroatoms. The lowest BCUT2D eigenvalue weighted by Crippen LogP contribution is -2.08. The van der Waals surface area contributed by atoms with Gasteiger partial charge >= 0.3 is 0 Å². The first-order valence-electron chi connectivity index (χ1n) is 7.03. The summed E-state index contributed by atoms with van der Waals surface area (Å²) in [5, 5.41) is 0.400. The van der Waals surface area contributed by atoms with E-state index in [1.54, 1.807) is 36.4 Å². The SMILES string of the molecule is CC(C)Oc1ccc2c(=O)c(-c3ccccc3F)coc2c1. The fraction of sp³-hybridized carbons (Fsp3) is 0.167. The molecular weight excluding hydrogens is 283 g/mol. The standard InChI is InChI=1S/C18H15FO3/c1-11(2)22-12-7-8-14-17(9-12)21-10-15(18(14)20)13-5-3-4-6-16(13)19/h3-11H,1-2H3. The van der Waals surface area contributed by atoms with E-state index >= 15 is 0 Å². The van der Waals surface area contributed by atoms with Crippen LogP contribution >= 0.6 is 0 Å². The normalized spacial score (nSPS) is 11.1. The van der Waals surface area contributed by atoms with Crippen molar-refractivity contribution >= 4 is 11.0 Å². The molecule has 0 amide bonds. The van der Waals surface area contributed by atoms with Gasteiger partial charge in [0, 0.05) is 11.6 Å². The lowest BCUT2D eigenvalue weighted by Gasteiger charge is -2.10. The summed E-state index contributed by atoms with van der Waals surface area (Å²) in [5.41, 5.74) is 0.606. The van der Waals surface area contributed by atoms with E-state index in [0.29, 0.717) is 16.7 Å². The van der Waals surface area contributed by atoms with Crippen LogP contribution in [0.4, 0.5) is 4.39 Å². The second-order valence-corrected chi connectivity index (χ2v) is 5.28. The topological polar surface area (TPSA) is 39.4 Å².